The molecule has 2 aromatic carbocycles. The Morgan fingerprint density at radius 3 is 2.71 bits per heavy atom. The molecule has 2 N–H and O–H groups in total. The van der Waals surface area contributed by atoms with Gasteiger partial charge >= 0.3 is 0 Å². The molecule has 0 spiro atoms. The maximum atomic E-state index is 13.7. The normalized spacial score (nSPS) is 15.1. The molecule has 3 aromatic rings. The highest BCUT2D eigenvalue weighted by Gasteiger charge is 2.34. The lowest BCUT2D eigenvalue weighted by molar-refractivity contribution is 0.388. The van der Waals surface area contributed by atoms with Crippen LogP contribution in [0, 0.1) is 18.3 Å². The van der Waals surface area contributed by atoms with Crippen LogP contribution in [0.25, 0.3) is 0 Å². The lowest BCUT2D eigenvalue weighted by Crippen LogP contribution is -2.33. The minimum Gasteiger partial charge on any atom is -0.496 e. The number of allylic oxidation sites excluding steroid dienone is 1. The highest BCUT2D eigenvalue weighted by Crippen LogP contribution is 2.41. The van der Waals surface area contributed by atoms with Gasteiger partial charge in [-0.05, 0) is 30.7 Å². The van der Waals surface area contributed by atoms with E-state index in [4.69, 9.17) is 15.2 Å². The molecular formula is C24H20BrN3O3. The Morgan fingerprint density at radius 1 is 1.23 bits per heavy atom. The second kappa shape index (κ2) is 8.32. The molecule has 156 valence electrons. The number of rotatable bonds is 4. The van der Waals surface area contributed by atoms with Gasteiger partial charge in [0, 0.05) is 21.8 Å². The van der Waals surface area contributed by atoms with Crippen molar-refractivity contribution in [1.82, 2.24) is 4.57 Å². The van der Waals surface area contributed by atoms with Crippen LogP contribution in [-0.4, -0.2) is 11.7 Å². The minimum atomic E-state index is -0.622. The van der Waals surface area contributed by atoms with Gasteiger partial charge in [0.2, 0.25) is 5.88 Å². The Kier molecular flexibility index (Phi) is 5.57. The summed E-state index contributed by atoms with van der Waals surface area (Å²) < 4.78 is 13.7. The summed E-state index contributed by atoms with van der Waals surface area (Å²) in [5, 5.41) is 9.80. The molecule has 6 nitrogen and oxygen atoms in total. The minimum absolute atomic E-state index is 0.0151. The maximum absolute atomic E-state index is 13.7. The first-order valence-electron chi connectivity index (χ1n) is 9.64. The number of para-hydroxylation sites is 1. The number of ether oxygens (including phenoxy) is 2. The molecule has 31 heavy (non-hydrogen) atoms. The summed E-state index contributed by atoms with van der Waals surface area (Å²) in [7, 11) is 1.60. The fourth-order valence-electron chi connectivity index (χ4n) is 3.91. The zero-order valence-corrected chi connectivity index (χ0v) is 18.6. The summed E-state index contributed by atoms with van der Waals surface area (Å²) in [6, 6.07) is 19.0. The van der Waals surface area contributed by atoms with Crippen molar-refractivity contribution in [3.8, 4) is 17.6 Å². The number of halogens is 1. The number of methoxy groups -OCH3 is 1. The largest absolute Gasteiger partial charge is 0.496 e. The van der Waals surface area contributed by atoms with E-state index in [1.807, 2.05) is 55.5 Å². The molecular weight excluding hydrogens is 458 g/mol. The number of nitrogens with two attached hydrogens (primary N) is 1. The molecule has 0 bridgehead atoms. The second-order valence-electron chi connectivity index (χ2n) is 7.25. The number of fused-ring (bicyclic) bond motifs is 1. The van der Waals surface area contributed by atoms with Crippen LogP contribution in [0.15, 0.2) is 75.3 Å². The van der Waals surface area contributed by atoms with Gasteiger partial charge in [-0.2, -0.15) is 5.26 Å². The van der Waals surface area contributed by atoms with Crippen molar-refractivity contribution in [2.45, 2.75) is 19.4 Å². The van der Waals surface area contributed by atoms with Crippen molar-refractivity contribution in [3.05, 3.63) is 103 Å². The summed E-state index contributed by atoms with van der Waals surface area (Å²) in [6.45, 7) is 2.17. The monoisotopic (exact) mass is 477 g/mol. The first kappa shape index (κ1) is 20.8. The van der Waals surface area contributed by atoms with Crippen molar-refractivity contribution in [3.63, 3.8) is 0 Å². The number of nitriles is 1. The van der Waals surface area contributed by atoms with E-state index in [0.717, 1.165) is 21.3 Å². The summed E-state index contributed by atoms with van der Waals surface area (Å²) in [5.41, 5.74) is 8.82. The van der Waals surface area contributed by atoms with Gasteiger partial charge in [-0.3, -0.25) is 4.79 Å². The SMILES string of the molecule is COc1ccccc1Cn1c(C)cc2c(c1=O)C(c1cccc(Br)c1)C(C#N)=C(N)O2. The molecule has 1 aromatic heterocycles. The molecule has 0 amide bonds. The van der Waals surface area contributed by atoms with E-state index in [2.05, 4.69) is 22.0 Å². The number of aromatic nitrogens is 1. The van der Waals surface area contributed by atoms with Crippen LogP contribution in [0.3, 0.4) is 0 Å². The maximum Gasteiger partial charge on any atom is 0.259 e. The van der Waals surface area contributed by atoms with Crippen LogP contribution in [0.5, 0.6) is 11.5 Å². The Balaban J connectivity index is 1.93. The third-order valence-corrected chi connectivity index (χ3v) is 5.89. The lowest BCUT2D eigenvalue weighted by Gasteiger charge is -2.27. The average molecular weight is 478 g/mol. The Bertz CT molecular complexity index is 1300. The van der Waals surface area contributed by atoms with E-state index >= 15 is 0 Å². The van der Waals surface area contributed by atoms with Crippen LogP contribution < -0.4 is 20.8 Å². The molecule has 1 aliphatic rings. The van der Waals surface area contributed by atoms with E-state index in [1.54, 1.807) is 17.7 Å². The Hall–Kier alpha value is -3.50. The van der Waals surface area contributed by atoms with Gasteiger partial charge in [-0.15, -0.1) is 0 Å². The quantitative estimate of drug-likeness (QED) is 0.607. The molecule has 0 saturated carbocycles. The van der Waals surface area contributed by atoms with Gasteiger partial charge in [0.05, 0.1) is 25.1 Å². The number of benzene rings is 2. The van der Waals surface area contributed by atoms with Crippen molar-refractivity contribution in [1.29, 1.82) is 5.26 Å². The molecule has 2 heterocycles. The fourth-order valence-corrected chi connectivity index (χ4v) is 4.32. The van der Waals surface area contributed by atoms with Crippen LogP contribution >= 0.6 is 15.9 Å². The van der Waals surface area contributed by atoms with Crippen LogP contribution in [0.2, 0.25) is 0 Å². The highest BCUT2D eigenvalue weighted by atomic mass is 79.9. The van der Waals surface area contributed by atoms with E-state index in [1.165, 1.54) is 0 Å². The predicted molar refractivity (Wildman–Crippen MR) is 121 cm³/mol. The summed E-state index contributed by atoms with van der Waals surface area (Å²) in [5.74, 6) is 0.470. The number of hydrogen-bond acceptors (Lipinski definition) is 5. The summed E-state index contributed by atoms with van der Waals surface area (Å²) in [4.78, 5) is 13.7. The molecule has 1 atom stereocenters. The molecule has 0 radical (unpaired) electrons. The first-order chi connectivity index (χ1) is 14.9. The summed E-state index contributed by atoms with van der Waals surface area (Å²) in [6.07, 6.45) is 0. The molecule has 4 rings (SSSR count). The zero-order chi connectivity index (χ0) is 22.1. The zero-order valence-electron chi connectivity index (χ0n) is 17.1. The van der Waals surface area contributed by atoms with Crippen molar-refractivity contribution < 1.29 is 9.47 Å². The molecule has 0 fully saturated rings. The van der Waals surface area contributed by atoms with Gasteiger partial charge in [-0.25, -0.2) is 0 Å². The van der Waals surface area contributed by atoms with Gasteiger partial charge < -0.3 is 19.8 Å². The molecule has 1 aliphatic heterocycles. The number of nitrogens with zero attached hydrogens (tertiary/aromatic N) is 2. The second-order valence-corrected chi connectivity index (χ2v) is 8.16. The number of hydrogen-bond donors (Lipinski definition) is 1. The van der Waals surface area contributed by atoms with Crippen LogP contribution in [0.1, 0.15) is 28.3 Å². The third-order valence-electron chi connectivity index (χ3n) is 5.39. The average Bonchev–Trinajstić information content (AvgIpc) is 2.76. The van der Waals surface area contributed by atoms with Crippen LogP contribution in [0.4, 0.5) is 0 Å². The van der Waals surface area contributed by atoms with Gasteiger partial charge in [0.25, 0.3) is 5.56 Å². The number of pyridine rings is 1. The predicted octanol–water partition coefficient (Wildman–Crippen LogP) is 4.19. The number of aryl methyl sites for hydroxylation is 1. The first-order valence-corrected chi connectivity index (χ1v) is 10.4. The Labute approximate surface area is 188 Å². The van der Waals surface area contributed by atoms with Crippen molar-refractivity contribution in [2.24, 2.45) is 5.73 Å². The van der Waals surface area contributed by atoms with Crippen LogP contribution in [-0.2, 0) is 6.54 Å². The van der Waals surface area contributed by atoms with E-state index in [9.17, 15) is 10.1 Å². The topological polar surface area (TPSA) is 90.3 Å². The Morgan fingerprint density at radius 2 is 2.00 bits per heavy atom. The standard InChI is InChI=1S/C24H20BrN3O3/c1-14-10-20-22(24(29)28(14)13-16-6-3-4-9-19(16)30-2)21(18(12-26)23(27)31-20)15-7-5-8-17(25)11-15/h3-11,21H,13,27H2,1-2H3. The summed E-state index contributed by atoms with van der Waals surface area (Å²) >= 11 is 3.47. The van der Waals surface area contributed by atoms with E-state index in [0.29, 0.717) is 23.6 Å². The van der Waals surface area contributed by atoms with Crippen molar-refractivity contribution in [2.75, 3.05) is 7.11 Å². The lowest BCUT2D eigenvalue weighted by atomic mass is 9.84. The van der Waals surface area contributed by atoms with Gasteiger partial charge in [-0.1, -0.05) is 46.3 Å². The van der Waals surface area contributed by atoms with Gasteiger partial charge in [0.1, 0.15) is 23.1 Å². The fraction of sp³-hybridized carbons (Fsp3) is 0.167. The van der Waals surface area contributed by atoms with Crippen molar-refractivity contribution >= 4 is 15.9 Å². The van der Waals surface area contributed by atoms with E-state index in [-0.39, 0.29) is 17.0 Å². The van der Waals surface area contributed by atoms with Gasteiger partial charge in [0.15, 0.2) is 0 Å². The third kappa shape index (κ3) is 3.71. The molecule has 0 saturated heterocycles. The molecule has 7 heteroatoms. The smallest absolute Gasteiger partial charge is 0.259 e. The highest BCUT2D eigenvalue weighted by molar-refractivity contribution is 9.10. The molecule has 0 aliphatic carbocycles. The molecule has 1 unspecified atom stereocenters. The van der Waals surface area contributed by atoms with E-state index < -0.39 is 5.92 Å².